The molecule has 0 aromatic carbocycles. The van der Waals surface area contributed by atoms with Gasteiger partial charge >= 0.3 is 0 Å². The maximum Gasteiger partial charge on any atom is 0.254 e. The third-order valence-corrected chi connectivity index (χ3v) is 3.90. The topological polar surface area (TPSA) is 62.5 Å². The molecule has 5 heteroatoms. The van der Waals surface area contributed by atoms with Crippen LogP contribution in [0.1, 0.15) is 30.1 Å². The number of carbonyl (C=O) groups excluding carboxylic acids is 1. The monoisotopic (exact) mass is 262 g/mol. The first-order valence-corrected chi connectivity index (χ1v) is 6.83. The highest BCUT2D eigenvalue weighted by Gasteiger charge is 2.25. The van der Waals surface area contributed by atoms with E-state index < -0.39 is 0 Å². The minimum absolute atomic E-state index is 0.0315. The second-order valence-corrected chi connectivity index (χ2v) is 5.05. The van der Waals surface area contributed by atoms with E-state index in [4.69, 9.17) is 5.73 Å². The van der Waals surface area contributed by atoms with Crippen molar-refractivity contribution in [2.24, 2.45) is 0 Å². The summed E-state index contributed by atoms with van der Waals surface area (Å²) in [6, 6.07) is 3.68. The number of amides is 1. The van der Waals surface area contributed by atoms with Crippen molar-refractivity contribution in [1.82, 2.24) is 14.8 Å². The lowest BCUT2D eigenvalue weighted by molar-refractivity contribution is 0.0647. The third-order valence-electron chi connectivity index (χ3n) is 3.90. The largest absolute Gasteiger partial charge is 0.384 e. The molecule has 0 unspecified atom stereocenters. The number of likely N-dealkylation sites (tertiary alicyclic amines) is 1. The zero-order chi connectivity index (χ0) is 13.8. The minimum atomic E-state index is 0.0315. The maximum absolute atomic E-state index is 12.4. The molecule has 19 heavy (non-hydrogen) atoms. The first-order chi connectivity index (χ1) is 9.11. The molecule has 0 bridgehead atoms. The molecule has 5 nitrogen and oxygen atoms in total. The Labute approximate surface area is 114 Å². The molecule has 0 atom stereocenters. The summed E-state index contributed by atoms with van der Waals surface area (Å²) in [4.78, 5) is 20.6. The van der Waals surface area contributed by atoms with Crippen molar-refractivity contribution >= 4 is 11.7 Å². The summed E-state index contributed by atoms with van der Waals surface area (Å²) in [5.41, 5.74) is 6.24. The van der Waals surface area contributed by atoms with Gasteiger partial charge in [0.2, 0.25) is 0 Å². The van der Waals surface area contributed by atoms with Crippen LogP contribution in [0.5, 0.6) is 0 Å². The van der Waals surface area contributed by atoms with E-state index in [0.717, 1.165) is 32.5 Å². The summed E-state index contributed by atoms with van der Waals surface area (Å²) >= 11 is 0. The van der Waals surface area contributed by atoms with Gasteiger partial charge in [-0.05, 0) is 31.5 Å². The van der Waals surface area contributed by atoms with Crippen LogP contribution in [0.15, 0.2) is 18.3 Å². The molecule has 1 aromatic rings. The van der Waals surface area contributed by atoms with Gasteiger partial charge in [0.25, 0.3) is 5.91 Å². The maximum atomic E-state index is 12.4. The lowest BCUT2D eigenvalue weighted by Crippen LogP contribution is -2.45. The molecular formula is C14H22N4O. The second-order valence-electron chi connectivity index (χ2n) is 5.05. The number of anilines is 1. The predicted molar refractivity (Wildman–Crippen MR) is 75.9 cm³/mol. The molecule has 1 aliphatic heterocycles. The van der Waals surface area contributed by atoms with Crippen LogP contribution in [0, 0.1) is 0 Å². The fraction of sp³-hybridized carbons (Fsp3) is 0.571. The Morgan fingerprint density at radius 3 is 2.79 bits per heavy atom. The summed E-state index contributed by atoms with van der Waals surface area (Å²) in [5.74, 6) is 0.420. The normalized spacial score (nSPS) is 17.4. The third kappa shape index (κ3) is 3.23. The van der Waals surface area contributed by atoms with Gasteiger partial charge in [0.15, 0.2) is 0 Å². The zero-order valence-corrected chi connectivity index (χ0v) is 11.7. The van der Waals surface area contributed by atoms with Gasteiger partial charge in [-0.15, -0.1) is 0 Å². The Bertz CT molecular complexity index is 441. The molecule has 104 valence electrons. The van der Waals surface area contributed by atoms with Crippen molar-refractivity contribution < 1.29 is 4.79 Å². The van der Waals surface area contributed by atoms with Gasteiger partial charge in [0, 0.05) is 37.9 Å². The molecule has 0 radical (unpaired) electrons. The Morgan fingerprint density at radius 1 is 1.53 bits per heavy atom. The van der Waals surface area contributed by atoms with Gasteiger partial charge in [-0.3, -0.25) is 4.79 Å². The number of pyridine rings is 1. The SMILES string of the molecule is CCN1CCC(N(C)C(=O)c2ccnc(N)c2)CC1. The van der Waals surface area contributed by atoms with E-state index in [1.165, 1.54) is 0 Å². The van der Waals surface area contributed by atoms with Gasteiger partial charge in [0.1, 0.15) is 5.82 Å². The average Bonchev–Trinajstić information content (AvgIpc) is 2.46. The standard InChI is InChI=1S/C14H22N4O/c1-3-18-8-5-12(6-9-18)17(2)14(19)11-4-7-16-13(15)10-11/h4,7,10,12H,3,5-6,8-9H2,1-2H3,(H2,15,16). The van der Waals surface area contributed by atoms with Crippen molar-refractivity contribution in [3.05, 3.63) is 23.9 Å². The van der Waals surface area contributed by atoms with E-state index in [0.29, 0.717) is 17.4 Å². The Kier molecular flexibility index (Phi) is 4.37. The quantitative estimate of drug-likeness (QED) is 0.889. The van der Waals surface area contributed by atoms with Gasteiger partial charge in [-0.1, -0.05) is 6.92 Å². The van der Waals surface area contributed by atoms with E-state index in [1.807, 2.05) is 11.9 Å². The van der Waals surface area contributed by atoms with E-state index in [-0.39, 0.29) is 5.91 Å². The summed E-state index contributed by atoms with van der Waals surface area (Å²) in [5, 5.41) is 0. The van der Waals surface area contributed by atoms with Crippen molar-refractivity contribution in [1.29, 1.82) is 0 Å². The molecule has 1 amide bonds. The van der Waals surface area contributed by atoms with Gasteiger partial charge in [-0.2, -0.15) is 0 Å². The lowest BCUT2D eigenvalue weighted by Gasteiger charge is -2.36. The van der Waals surface area contributed by atoms with Gasteiger partial charge in [-0.25, -0.2) is 4.98 Å². The fourth-order valence-electron chi connectivity index (χ4n) is 2.57. The number of rotatable bonds is 3. The van der Waals surface area contributed by atoms with Crippen molar-refractivity contribution in [2.75, 3.05) is 32.4 Å². The number of nitrogen functional groups attached to an aromatic ring is 1. The van der Waals surface area contributed by atoms with Crippen LogP contribution in [-0.2, 0) is 0 Å². The molecule has 2 rings (SSSR count). The summed E-state index contributed by atoms with van der Waals surface area (Å²) in [6.07, 6.45) is 3.66. The van der Waals surface area contributed by atoms with Crippen LogP contribution in [0.3, 0.4) is 0 Å². The summed E-state index contributed by atoms with van der Waals surface area (Å²) in [7, 11) is 1.88. The summed E-state index contributed by atoms with van der Waals surface area (Å²) < 4.78 is 0. The van der Waals surface area contributed by atoms with Gasteiger partial charge < -0.3 is 15.5 Å². The number of aromatic nitrogens is 1. The molecule has 0 spiro atoms. The van der Waals surface area contributed by atoms with Crippen LogP contribution in [0.4, 0.5) is 5.82 Å². The lowest BCUT2D eigenvalue weighted by atomic mass is 10.0. The number of piperidine rings is 1. The number of hydrogen-bond donors (Lipinski definition) is 1. The van der Waals surface area contributed by atoms with E-state index >= 15 is 0 Å². The Morgan fingerprint density at radius 2 is 2.21 bits per heavy atom. The highest BCUT2D eigenvalue weighted by atomic mass is 16.2. The number of hydrogen-bond acceptors (Lipinski definition) is 4. The Balaban J connectivity index is 2.00. The second kappa shape index (κ2) is 6.02. The number of carbonyl (C=O) groups is 1. The molecule has 0 saturated carbocycles. The molecule has 1 aromatic heterocycles. The van der Waals surface area contributed by atoms with Crippen LogP contribution in [-0.4, -0.2) is 53.4 Å². The van der Waals surface area contributed by atoms with Crippen molar-refractivity contribution in [3.63, 3.8) is 0 Å². The highest BCUT2D eigenvalue weighted by molar-refractivity contribution is 5.94. The number of nitrogens with zero attached hydrogens (tertiary/aromatic N) is 3. The Hall–Kier alpha value is -1.62. The number of nitrogens with two attached hydrogens (primary N) is 1. The van der Waals surface area contributed by atoms with E-state index in [1.54, 1.807) is 18.3 Å². The van der Waals surface area contributed by atoms with Crippen LogP contribution in [0.2, 0.25) is 0 Å². The van der Waals surface area contributed by atoms with Crippen LogP contribution >= 0.6 is 0 Å². The van der Waals surface area contributed by atoms with Crippen molar-refractivity contribution in [3.8, 4) is 0 Å². The first-order valence-electron chi connectivity index (χ1n) is 6.83. The molecule has 1 saturated heterocycles. The highest BCUT2D eigenvalue weighted by Crippen LogP contribution is 2.17. The molecule has 1 aliphatic rings. The fourth-order valence-corrected chi connectivity index (χ4v) is 2.57. The molecule has 2 heterocycles. The predicted octanol–water partition coefficient (Wildman–Crippen LogP) is 1.22. The van der Waals surface area contributed by atoms with Crippen LogP contribution < -0.4 is 5.73 Å². The average molecular weight is 262 g/mol. The van der Waals surface area contributed by atoms with Gasteiger partial charge in [0.05, 0.1) is 0 Å². The molecular weight excluding hydrogens is 240 g/mol. The minimum Gasteiger partial charge on any atom is -0.384 e. The van der Waals surface area contributed by atoms with E-state index in [2.05, 4.69) is 16.8 Å². The smallest absolute Gasteiger partial charge is 0.254 e. The van der Waals surface area contributed by atoms with Crippen molar-refractivity contribution in [2.45, 2.75) is 25.8 Å². The molecule has 0 aliphatic carbocycles. The first kappa shape index (κ1) is 13.8. The zero-order valence-electron chi connectivity index (χ0n) is 11.7. The summed E-state index contributed by atoms with van der Waals surface area (Å²) in [6.45, 7) is 5.40. The molecule has 2 N–H and O–H groups in total. The van der Waals surface area contributed by atoms with E-state index in [9.17, 15) is 4.79 Å². The van der Waals surface area contributed by atoms with Crippen LogP contribution in [0.25, 0.3) is 0 Å². The molecule has 1 fully saturated rings.